The Morgan fingerprint density at radius 2 is 2.22 bits per heavy atom. The Kier molecular flexibility index (Phi) is 4.05. The molecule has 1 saturated heterocycles. The van der Waals surface area contributed by atoms with Crippen LogP contribution in [-0.2, 0) is 19.1 Å². The van der Waals surface area contributed by atoms with Crippen LogP contribution in [0.15, 0.2) is 24.3 Å². The summed E-state index contributed by atoms with van der Waals surface area (Å²) < 4.78 is 10.9. The van der Waals surface area contributed by atoms with Gasteiger partial charge in [0.05, 0.1) is 11.5 Å². The molecule has 0 bridgehead atoms. The van der Waals surface area contributed by atoms with Crippen molar-refractivity contribution >= 4 is 23.5 Å². The zero-order valence-corrected chi connectivity index (χ0v) is 13.8. The van der Waals surface area contributed by atoms with E-state index in [0.29, 0.717) is 30.4 Å². The number of alkyl halides is 1. The second-order valence-corrected chi connectivity index (χ2v) is 7.09. The average Bonchev–Trinajstić information content (AvgIpc) is 2.91. The summed E-state index contributed by atoms with van der Waals surface area (Å²) in [7, 11) is 0. The van der Waals surface area contributed by atoms with Crippen LogP contribution in [0.2, 0.25) is 0 Å². The minimum absolute atomic E-state index is 0.0775. The quantitative estimate of drug-likeness (QED) is 0.360. The molecule has 0 aromatic carbocycles. The molecule has 0 amide bonds. The van der Waals surface area contributed by atoms with Crippen LogP contribution in [0.3, 0.4) is 0 Å². The van der Waals surface area contributed by atoms with Gasteiger partial charge in [-0.3, -0.25) is 4.79 Å². The number of carbonyl (C=O) groups is 2. The second kappa shape index (κ2) is 5.64. The van der Waals surface area contributed by atoms with Gasteiger partial charge in [-0.25, -0.2) is 4.79 Å². The van der Waals surface area contributed by atoms with Crippen LogP contribution < -0.4 is 0 Å². The fourth-order valence-corrected chi connectivity index (χ4v) is 4.70. The topological polar surface area (TPSA) is 72.8 Å². The maximum atomic E-state index is 11.9. The Hall–Kier alpha value is -1.33. The van der Waals surface area contributed by atoms with Crippen molar-refractivity contribution in [2.24, 2.45) is 17.8 Å². The molecule has 0 spiro atoms. The third-order valence-electron chi connectivity index (χ3n) is 5.56. The summed E-state index contributed by atoms with van der Waals surface area (Å²) in [4.78, 5) is 23.2. The van der Waals surface area contributed by atoms with Crippen molar-refractivity contribution in [3.63, 3.8) is 0 Å². The van der Waals surface area contributed by atoms with Crippen LogP contribution in [0, 0.1) is 17.8 Å². The molecule has 0 aromatic heterocycles. The molecule has 3 fully saturated rings. The number of fused-ring (bicyclic) bond motifs is 3. The first-order valence-corrected chi connectivity index (χ1v) is 8.36. The van der Waals surface area contributed by atoms with Gasteiger partial charge >= 0.3 is 11.9 Å². The number of carbonyl (C=O) groups excluding carboxylic acids is 2. The Balaban J connectivity index is 1.99. The highest BCUT2D eigenvalue weighted by molar-refractivity contribution is 6.18. The number of ether oxygens (including phenoxy) is 2. The van der Waals surface area contributed by atoms with Gasteiger partial charge in [-0.15, -0.1) is 11.6 Å². The van der Waals surface area contributed by atoms with Crippen molar-refractivity contribution < 1.29 is 24.2 Å². The molecule has 6 heteroatoms. The molecule has 0 unspecified atom stereocenters. The number of esters is 2. The van der Waals surface area contributed by atoms with E-state index in [1.807, 2.05) is 0 Å². The van der Waals surface area contributed by atoms with E-state index < -0.39 is 29.7 Å². The predicted molar refractivity (Wildman–Crippen MR) is 83.7 cm³/mol. The smallest absolute Gasteiger partial charge is 0.334 e. The maximum Gasteiger partial charge on any atom is 0.334 e. The zero-order valence-electron chi connectivity index (χ0n) is 13.1. The summed E-state index contributed by atoms with van der Waals surface area (Å²) in [6, 6.07) is 0. The lowest BCUT2D eigenvalue weighted by molar-refractivity contribution is -0.145. The summed E-state index contributed by atoms with van der Waals surface area (Å²) in [6.07, 6.45) is 0.597. The van der Waals surface area contributed by atoms with E-state index in [9.17, 15) is 14.7 Å². The minimum atomic E-state index is -1.10. The van der Waals surface area contributed by atoms with Crippen LogP contribution in [-0.4, -0.2) is 40.7 Å². The van der Waals surface area contributed by atoms with E-state index in [1.165, 1.54) is 6.92 Å². The minimum Gasteiger partial charge on any atom is -0.458 e. The Morgan fingerprint density at radius 1 is 1.52 bits per heavy atom. The van der Waals surface area contributed by atoms with Gasteiger partial charge in [0.15, 0.2) is 0 Å². The summed E-state index contributed by atoms with van der Waals surface area (Å²) in [5.74, 6) is -1.40. The third kappa shape index (κ3) is 2.50. The number of hydrogen-bond acceptors (Lipinski definition) is 5. The van der Waals surface area contributed by atoms with Crippen molar-refractivity contribution in [2.75, 3.05) is 5.88 Å². The van der Waals surface area contributed by atoms with E-state index in [4.69, 9.17) is 21.1 Å². The SMILES string of the molecule is C=C1[C@@H]2[C@H]3OC(=O)C(=C)[C@@H]3CC[C@@](O)(CCl)[C@@H]2C[C@@H]1OC(C)=O. The van der Waals surface area contributed by atoms with E-state index in [0.717, 1.165) is 0 Å². The summed E-state index contributed by atoms with van der Waals surface area (Å²) in [6.45, 7) is 9.25. The molecule has 3 rings (SSSR count). The predicted octanol–water partition coefficient (Wildman–Crippen LogP) is 1.97. The molecule has 23 heavy (non-hydrogen) atoms. The third-order valence-corrected chi connectivity index (χ3v) is 6.03. The van der Waals surface area contributed by atoms with Crippen LogP contribution in [0.25, 0.3) is 0 Å². The van der Waals surface area contributed by atoms with Gasteiger partial charge in [0.25, 0.3) is 0 Å². The van der Waals surface area contributed by atoms with Crippen LogP contribution in [0.4, 0.5) is 0 Å². The molecular weight excluding hydrogens is 320 g/mol. The molecule has 126 valence electrons. The Bertz CT molecular complexity index is 586. The van der Waals surface area contributed by atoms with Gasteiger partial charge in [0.2, 0.25) is 0 Å². The van der Waals surface area contributed by atoms with Gasteiger partial charge < -0.3 is 14.6 Å². The lowest BCUT2D eigenvalue weighted by Crippen LogP contribution is -2.43. The molecule has 3 aliphatic rings. The molecule has 0 aromatic rings. The molecule has 1 heterocycles. The summed E-state index contributed by atoms with van der Waals surface area (Å²) >= 11 is 6.07. The Labute approximate surface area is 140 Å². The van der Waals surface area contributed by atoms with Crippen LogP contribution in [0.1, 0.15) is 26.2 Å². The van der Waals surface area contributed by atoms with Crippen LogP contribution in [0.5, 0.6) is 0 Å². The van der Waals surface area contributed by atoms with Gasteiger partial charge in [-0.2, -0.15) is 0 Å². The first kappa shape index (κ1) is 16.5. The molecule has 1 aliphatic heterocycles. The lowest BCUT2D eigenvalue weighted by Gasteiger charge is -2.34. The highest BCUT2D eigenvalue weighted by atomic mass is 35.5. The van der Waals surface area contributed by atoms with E-state index in [2.05, 4.69) is 13.2 Å². The standard InChI is InChI=1S/C17H21ClO5/c1-8-11-4-5-17(21,7-18)12-6-13(22-10(3)19)9(2)14(12)15(11)23-16(8)20/h11-15,21H,1-2,4-7H2,3H3/t11-,12+,13-,14-,15-,17+/m0/s1. The number of aliphatic hydroxyl groups is 1. The van der Waals surface area contributed by atoms with E-state index in [-0.39, 0.29) is 23.6 Å². The van der Waals surface area contributed by atoms with Crippen LogP contribution >= 0.6 is 11.6 Å². The molecule has 0 radical (unpaired) electrons. The fourth-order valence-electron chi connectivity index (χ4n) is 4.37. The van der Waals surface area contributed by atoms with Gasteiger partial charge in [0, 0.05) is 30.3 Å². The first-order chi connectivity index (χ1) is 10.8. The number of hydrogen-bond donors (Lipinski definition) is 1. The number of halogens is 1. The van der Waals surface area contributed by atoms with Crippen molar-refractivity contribution in [2.45, 2.75) is 44.0 Å². The van der Waals surface area contributed by atoms with Crippen molar-refractivity contribution in [1.82, 2.24) is 0 Å². The first-order valence-electron chi connectivity index (χ1n) is 7.82. The second-order valence-electron chi connectivity index (χ2n) is 6.82. The highest BCUT2D eigenvalue weighted by Crippen LogP contribution is 2.54. The lowest BCUT2D eigenvalue weighted by atomic mass is 9.78. The summed E-state index contributed by atoms with van der Waals surface area (Å²) in [5, 5.41) is 11.0. The molecule has 5 nitrogen and oxygen atoms in total. The monoisotopic (exact) mass is 340 g/mol. The van der Waals surface area contributed by atoms with Crippen molar-refractivity contribution in [3.8, 4) is 0 Å². The molecule has 6 atom stereocenters. The van der Waals surface area contributed by atoms with E-state index >= 15 is 0 Å². The zero-order chi connectivity index (χ0) is 16.9. The number of rotatable bonds is 2. The van der Waals surface area contributed by atoms with Gasteiger partial charge in [-0.05, 0) is 24.8 Å². The van der Waals surface area contributed by atoms with Crippen molar-refractivity contribution in [1.29, 1.82) is 0 Å². The summed E-state index contributed by atoms with van der Waals surface area (Å²) in [5.41, 5.74) is 0.0330. The van der Waals surface area contributed by atoms with Gasteiger partial charge in [-0.1, -0.05) is 13.2 Å². The van der Waals surface area contributed by atoms with E-state index in [1.54, 1.807) is 0 Å². The molecular formula is C17H21ClO5. The van der Waals surface area contributed by atoms with Gasteiger partial charge in [0.1, 0.15) is 12.2 Å². The molecule has 2 saturated carbocycles. The normalized spacial score (nSPS) is 42.7. The molecule has 1 N–H and O–H groups in total. The average molecular weight is 341 g/mol. The largest absolute Gasteiger partial charge is 0.458 e. The molecule has 2 aliphatic carbocycles. The highest BCUT2D eigenvalue weighted by Gasteiger charge is 2.59. The van der Waals surface area contributed by atoms with Crippen molar-refractivity contribution in [3.05, 3.63) is 24.3 Å². The fraction of sp³-hybridized carbons (Fsp3) is 0.647. The maximum absolute atomic E-state index is 11.9. The Morgan fingerprint density at radius 3 is 2.83 bits per heavy atom.